The number of hydrogen-bond donors (Lipinski definition) is 2. The van der Waals surface area contributed by atoms with Crippen molar-refractivity contribution in [2.24, 2.45) is 4.99 Å². The zero-order valence-corrected chi connectivity index (χ0v) is 16.0. The van der Waals surface area contributed by atoms with Crippen molar-refractivity contribution in [3.05, 3.63) is 0 Å². The fraction of sp³-hybridized carbons (Fsp3) is 0.929. The van der Waals surface area contributed by atoms with Gasteiger partial charge in [-0.25, -0.2) is 0 Å². The fourth-order valence-electron chi connectivity index (χ4n) is 1.53. The molecule has 0 aliphatic rings. The molecular weight excluding hydrogens is 385 g/mol. The molecule has 0 spiro atoms. The SMILES string of the molecule is CCOCCCCNC(=NC)NCCCOCCOC.I. The Morgan fingerprint density at radius 3 is 2.19 bits per heavy atom. The van der Waals surface area contributed by atoms with E-state index in [1.54, 1.807) is 14.2 Å². The molecule has 0 unspecified atom stereocenters. The normalized spacial score (nSPS) is 11.1. The highest BCUT2D eigenvalue weighted by atomic mass is 127. The monoisotopic (exact) mass is 417 g/mol. The van der Waals surface area contributed by atoms with Crippen molar-refractivity contribution in [1.29, 1.82) is 0 Å². The molecule has 0 heterocycles. The first-order valence-corrected chi connectivity index (χ1v) is 7.44. The molecule has 128 valence electrons. The van der Waals surface area contributed by atoms with Gasteiger partial charge in [0.05, 0.1) is 13.2 Å². The molecule has 6 nitrogen and oxygen atoms in total. The van der Waals surface area contributed by atoms with Crippen molar-refractivity contribution in [1.82, 2.24) is 10.6 Å². The summed E-state index contributed by atoms with van der Waals surface area (Å²) in [4.78, 5) is 4.17. The van der Waals surface area contributed by atoms with Gasteiger partial charge in [0.15, 0.2) is 5.96 Å². The summed E-state index contributed by atoms with van der Waals surface area (Å²) in [5, 5.41) is 6.54. The summed E-state index contributed by atoms with van der Waals surface area (Å²) in [6, 6.07) is 0. The lowest BCUT2D eigenvalue weighted by atomic mass is 10.3. The van der Waals surface area contributed by atoms with Crippen LogP contribution in [0.1, 0.15) is 26.2 Å². The Kier molecular flexibility index (Phi) is 21.9. The minimum Gasteiger partial charge on any atom is -0.382 e. The van der Waals surface area contributed by atoms with E-state index in [4.69, 9.17) is 14.2 Å². The van der Waals surface area contributed by atoms with E-state index >= 15 is 0 Å². The maximum Gasteiger partial charge on any atom is 0.190 e. The van der Waals surface area contributed by atoms with Crippen molar-refractivity contribution in [2.75, 3.05) is 60.3 Å². The molecule has 0 aromatic heterocycles. The minimum atomic E-state index is 0. The number of hydrogen-bond acceptors (Lipinski definition) is 4. The van der Waals surface area contributed by atoms with E-state index in [-0.39, 0.29) is 24.0 Å². The zero-order chi connectivity index (χ0) is 14.9. The van der Waals surface area contributed by atoms with Gasteiger partial charge in [0.25, 0.3) is 0 Å². The molecule has 0 saturated heterocycles. The topological polar surface area (TPSA) is 64.1 Å². The number of nitrogens with zero attached hydrogens (tertiary/aromatic N) is 1. The standard InChI is InChI=1S/C14H31N3O3.HI/c1-4-19-10-6-5-8-16-14(15-2)17-9-7-11-20-13-12-18-3;/h4-13H2,1-3H3,(H2,15,16,17);1H. The third-order valence-corrected chi connectivity index (χ3v) is 2.63. The van der Waals surface area contributed by atoms with Gasteiger partial charge in [0, 0.05) is 47.1 Å². The smallest absolute Gasteiger partial charge is 0.190 e. The molecule has 0 aromatic carbocycles. The molecule has 21 heavy (non-hydrogen) atoms. The van der Waals surface area contributed by atoms with Gasteiger partial charge in [0.2, 0.25) is 0 Å². The zero-order valence-electron chi connectivity index (χ0n) is 13.7. The lowest BCUT2D eigenvalue weighted by Gasteiger charge is -2.11. The summed E-state index contributed by atoms with van der Waals surface area (Å²) in [5.74, 6) is 0.846. The van der Waals surface area contributed by atoms with Gasteiger partial charge in [-0.1, -0.05) is 0 Å². The first-order chi connectivity index (χ1) is 9.85. The molecule has 0 amide bonds. The van der Waals surface area contributed by atoms with Gasteiger partial charge in [-0.05, 0) is 26.2 Å². The van der Waals surface area contributed by atoms with Crippen LogP contribution < -0.4 is 10.6 Å². The molecule has 0 aliphatic carbocycles. The highest BCUT2D eigenvalue weighted by Gasteiger charge is 1.96. The van der Waals surface area contributed by atoms with Gasteiger partial charge in [-0.15, -0.1) is 24.0 Å². The van der Waals surface area contributed by atoms with Gasteiger partial charge < -0.3 is 24.8 Å². The number of rotatable bonds is 13. The second kappa shape index (κ2) is 19.9. The van der Waals surface area contributed by atoms with Crippen molar-refractivity contribution in [3.63, 3.8) is 0 Å². The summed E-state index contributed by atoms with van der Waals surface area (Å²) in [6.07, 6.45) is 3.11. The van der Waals surface area contributed by atoms with Crippen LogP contribution in [0.3, 0.4) is 0 Å². The molecule has 0 radical (unpaired) electrons. The van der Waals surface area contributed by atoms with Crippen LogP contribution in [0.4, 0.5) is 0 Å². The first kappa shape index (κ1) is 23.2. The van der Waals surface area contributed by atoms with Crippen LogP contribution in [0.15, 0.2) is 4.99 Å². The summed E-state index contributed by atoms with van der Waals surface area (Å²) >= 11 is 0. The van der Waals surface area contributed by atoms with Gasteiger partial charge in [-0.2, -0.15) is 0 Å². The van der Waals surface area contributed by atoms with Gasteiger partial charge in [0.1, 0.15) is 0 Å². The van der Waals surface area contributed by atoms with E-state index in [1.165, 1.54) is 0 Å². The van der Waals surface area contributed by atoms with E-state index in [0.717, 1.165) is 58.1 Å². The van der Waals surface area contributed by atoms with Crippen molar-refractivity contribution >= 4 is 29.9 Å². The lowest BCUT2D eigenvalue weighted by Crippen LogP contribution is -2.38. The molecule has 7 heteroatoms. The Balaban J connectivity index is 0. The number of nitrogens with one attached hydrogen (secondary N) is 2. The average Bonchev–Trinajstić information content (AvgIpc) is 2.47. The third kappa shape index (κ3) is 17.8. The number of methoxy groups -OCH3 is 1. The average molecular weight is 417 g/mol. The number of guanidine groups is 1. The predicted molar refractivity (Wildman–Crippen MR) is 97.8 cm³/mol. The summed E-state index contributed by atoms with van der Waals surface area (Å²) in [6.45, 7) is 7.46. The first-order valence-electron chi connectivity index (χ1n) is 7.44. The Hall–Kier alpha value is -0.120. The summed E-state index contributed by atoms with van der Waals surface area (Å²) in [5.41, 5.74) is 0. The minimum absolute atomic E-state index is 0. The number of halogens is 1. The van der Waals surface area contributed by atoms with Gasteiger partial charge >= 0.3 is 0 Å². The van der Waals surface area contributed by atoms with Crippen LogP contribution in [-0.4, -0.2) is 66.2 Å². The Bertz CT molecular complexity index is 232. The summed E-state index contributed by atoms with van der Waals surface area (Å²) in [7, 11) is 3.46. The van der Waals surface area contributed by atoms with Crippen LogP contribution in [0.25, 0.3) is 0 Å². The molecule has 0 bridgehead atoms. The van der Waals surface area contributed by atoms with Crippen molar-refractivity contribution in [2.45, 2.75) is 26.2 Å². The molecule has 0 aromatic rings. The maximum atomic E-state index is 5.39. The van der Waals surface area contributed by atoms with Crippen molar-refractivity contribution < 1.29 is 14.2 Å². The third-order valence-electron chi connectivity index (χ3n) is 2.63. The second-order valence-electron chi connectivity index (χ2n) is 4.29. The number of unbranched alkanes of at least 4 members (excludes halogenated alkanes) is 1. The molecule has 0 aliphatic heterocycles. The van der Waals surface area contributed by atoms with Crippen LogP contribution in [0.5, 0.6) is 0 Å². The van der Waals surface area contributed by atoms with E-state index < -0.39 is 0 Å². The number of ether oxygens (including phenoxy) is 3. The number of aliphatic imine (C=N–C) groups is 1. The Labute approximate surface area is 146 Å². The largest absolute Gasteiger partial charge is 0.382 e. The highest BCUT2D eigenvalue weighted by molar-refractivity contribution is 14.0. The van der Waals surface area contributed by atoms with Gasteiger partial charge in [-0.3, -0.25) is 4.99 Å². The Morgan fingerprint density at radius 2 is 1.57 bits per heavy atom. The molecule has 0 atom stereocenters. The van der Waals surface area contributed by atoms with E-state index in [0.29, 0.717) is 13.2 Å². The maximum absolute atomic E-state index is 5.39. The van der Waals surface area contributed by atoms with E-state index in [1.807, 2.05) is 6.92 Å². The quantitative estimate of drug-likeness (QED) is 0.207. The Morgan fingerprint density at radius 1 is 0.905 bits per heavy atom. The fourth-order valence-corrected chi connectivity index (χ4v) is 1.53. The molecule has 0 fully saturated rings. The lowest BCUT2D eigenvalue weighted by molar-refractivity contribution is 0.0698. The van der Waals surface area contributed by atoms with E-state index in [9.17, 15) is 0 Å². The van der Waals surface area contributed by atoms with Crippen LogP contribution in [0.2, 0.25) is 0 Å². The molecule has 0 rings (SSSR count). The second-order valence-corrected chi connectivity index (χ2v) is 4.29. The molecular formula is C14H32IN3O3. The van der Waals surface area contributed by atoms with E-state index in [2.05, 4.69) is 15.6 Å². The highest BCUT2D eigenvalue weighted by Crippen LogP contribution is 1.88. The summed E-state index contributed by atoms with van der Waals surface area (Å²) < 4.78 is 15.6. The van der Waals surface area contributed by atoms with Crippen LogP contribution in [-0.2, 0) is 14.2 Å². The molecule has 2 N–H and O–H groups in total. The molecule has 0 saturated carbocycles. The van der Waals surface area contributed by atoms with Crippen LogP contribution >= 0.6 is 24.0 Å². The predicted octanol–water partition coefficient (Wildman–Crippen LogP) is 1.64. The van der Waals surface area contributed by atoms with Crippen molar-refractivity contribution in [3.8, 4) is 0 Å². The van der Waals surface area contributed by atoms with Crippen LogP contribution in [0, 0.1) is 0 Å².